The van der Waals surface area contributed by atoms with E-state index in [1.807, 2.05) is 16.8 Å². The van der Waals surface area contributed by atoms with Crippen molar-refractivity contribution in [1.82, 2.24) is 19.9 Å². The molecule has 0 saturated heterocycles. The van der Waals surface area contributed by atoms with Gasteiger partial charge in [-0.1, -0.05) is 18.5 Å². The molecule has 2 rings (SSSR count). The third-order valence-electron chi connectivity index (χ3n) is 2.25. The highest BCUT2D eigenvalue weighted by Crippen LogP contribution is 2.17. The lowest BCUT2D eigenvalue weighted by Gasteiger charge is -2.07. The van der Waals surface area contributed by atoms with Crippen LogP contribution in [-0.4, -0.2) is 21.1 Å². The van der Waals surface area contributed by atoms with Gasteiger partial charge in [0.2, 0.25) is 0 Å². The lowest BCUT2D eigenvalue weighted by atomic mass is 10.2. The first-order valence-electron chi connectivity index (χ1n) is 5.14. The van der Waals surface area contributed by atoms with E-state index in [1.165, 1.54) is 0 Å². The van der Waals surface area contributed by atoms with Crippen LogP contribution in [0.15, 0.2) is 31.0 Å². The molecule has 0 aromatic carbocycles. The third-order valence-corrected chi connectivity index (χ3v) is 2.59. The predicted molar refractivity (Wildman–Crippen MR) is 63.7 cm³/mol. The van der Waals surface area contributed by atoms with Gasteiger partial charge in [0.15, 0.2) is 0 Å². The van der Waals surface area contributed by atoms with E-state index in [-0.39, 0.29) is 0 Å². The van der Waals surface area contributed by atoms with Crippen LogP contribution in [0.2, 0.25) is 5.02 Å². The van der Waals surface area contributed by atoms with E-state index in [1.54, 1.807) is 18.7 Å². The standard InChI is InChI=1S/C11H13ClN4/c1-2-13-6-9-5-11(15-7-10(9)12)16-4-3-14-8-16/h3-5,7-8,13H,2,6H2,1H3. The number of aromatic nitrogens is 3. The van der Waals surface area contributed by atoms with E-state index in [4.69, 9.17) is 11.6 Å². The Labute approximate surface area is 99.3 Å². The van der Waals surface area contributed by atoms with Gasteiger partial charge in [-0.25, -0.2) is 9.97 Å². The quantitative estimate of drug-likeness (QED) is 0.884. The molecule has 0 fully saturated rings. The fourth-order valence-electron chi connectivity index (χ4n) is 1.40. The second kappa shape index (κ2) is 5.09. The van der Waals surface area contributed by atoms with Crippen molar-refractivity contribution in [3.8, 4) is 5.82 Å². The average molecular weight is 237 g/mol. The van der Waals surface area contributed by atoms with Crippen molar-refractivity contribution in [2.24, 2.45) is 0 Å². The largest absolute Gasteiger partial charge is 0.313 e. The average Bonchev–Trinajstić information content (AvgIpc) is 2.81. The second-order valence-corrected chi connectivity index (χ2v) is 3.79. The Hall–Kier alpha value is -1.39. The summed E-state index contributed by atoms with van der Waals surface area (Å²) in [6.45, 7) is 3.73. The van der Waals surface area contributed by atoms with Crippen LogP contribution in [0.1, 0.15) is 12.5 Å². The minimum atomic E-state index is 0.685. The van der Waals surface area contributed by atoms with E-state index < -0.39 is 0 Å². The summed E-state index contributed by atoms with van der Waals surface area (Å²) in [5.41, 5.74) is 1.04. The molecule has 1 N–H and O–H groups in total. The second-order valence-electron chi connectivity index (χ2n) is 3.38. The number of imidazole rings is 1. The fraction of sp³-hybridized carbons (Fsp3) is 0.273. The van der Waals surface area contributed by atoms with Gasteiger partial charge in [0.05, 0.1) is 5.02 Å². The van der Waals surface area contributed by atoms with E-state index in [9.17, 15) is 0 Å². The molecule has 84 valence electrons. The van der Waals surface area contributed by atoms with Gasteiger partial charge < -0.3 is 5.32 Å². The van der Waals surface area contributed by atoms with E-state index in [0.717, 1.165) is 24.5 Å². The smallest absolute Gasteiger partial charge is 0.138 e. The van der Waals surface area contributed by atoms with E-state index in [2.05, 4.69) is 22.2 Å². The maximum absolute atomic E-state index is 6.07. The molecule has 0 radical (unpaired) electrons. The fourth-order valence-corrected chi connectivity index (χ4v) is 1.57. The summed E-state index contributed by atoms with van der Waals surface area (Å²) in [7, 11) is 0. The number of hydrogen-bond donors (Lipinski definition) is 1. The van der Waals surface area contributed by atoms with Gasteiger partial charge in [-0.3, -0.25) is 4.57 Å². The zero-order valence-corrected chi connectivity index (χ0v) is 9.78. The van der Waals surface area contributed by atoms with Crippen molar-refractivity contribution in [2.75, 3.05) is 6.54 Å². The Morgan fingerprint density at radius 3 is 3.06 bits per heavy atom. The lowest BCUT2D eigenvalue weighted by Crippen LogP contribution is -2.12. The molecule has 0 bridgehead atoms. The molecule has 2 aromatic heterocycles. The number of hydrogen-bond acceptors (Lipinski definition) is 3. The number of nitrogens with one attached hydrogen (secondary N) is 1. The normalized spacial score (nSPS) is 10.6. The number of pyridine rings is 1. The zero-order chi connectivity index (χ0) is 11.4. The zero-order valence-electron chi connectivity index (χ0n) is 9.02. The Morgan fingerprint density at radius 1 is 1.50 bits per heavy atom. The Morgan fingerprint density at radius 2 is 2.38 bits per heavy atom. The molecular weight excluding hydrogens is 224 g/mol. The number of rotatable bonds is 4. The SMILES string of the molecule is CCNCc1cc(-n2ccnc2)ncc1Cl. The highest BCUT2D eigenvalue weighted by molar-refractivity contribution is 6.31. The summed E-state index contributed by atoms with van der Waals surface area (Å²) in [6.07, 6.45) is 6.96. The molecular formula is C11H13ClN4. The van der Waals surface area contributed by atoms with Gasteiger partial charge in [-0.2, -0.15) is 0 Å². The summed E-state index contributed by atoms with van der Waals surface area (Å²) in [4.78, 5) is 8.24. The molecule has 5 heteroatoms. The molecule has 0 saturated carbocycles. The monoisotopic (exact) mass is 236 g/mol. The van der Waals surface area contributed by atoms with Crippen molar-refractivity contribution in [3.63, 3.8) is 0 Å². The van der Waals surface area contributed by atoms with Gasteiger partial charge in [-0.15, -0.1) is 0 Å². The summed E-state index contributed by atoms with van der Waals surface area (Å²) in [5, 5.41) is 3.93. The maximum atomic E-state index is 6.07. The van der Waals surface area contributed by atoms with Crippen LogP contribution in [0.5, 0.6) is 0 Å². The molecule has 4 nitrogen and oxygen atoms in total. The van der Waals surface area contributed by atoms with Crippen LogP contribution in [0, 0.1) is 0 Å². The summed E-state index contributed by atoms with van der Waals surface area (Å²) < 4.78 is 1.85. The molecule has 0 aliphatic heterocycles. The topological polar surface area (TPSA) is 42.7 Å². The third kappa shape index (κ3) is 2.40. The van der Waals surface area contributed by atoms with Crippen molar-refractivity contribution >= 4 is 11.6 Å². The lowest BCUT2D eigenvalue weighted by molar-refractivity contribution is 0.725. The van der Waals surface area contributed by atoms with Gasteiger partial charge in [-0.05, 0) is 18.2 Å². The summed E-state index contributed by atoms with van der Waals surface area (Å²) in [5.74, 6) is 0.829. The number of halogens is 1. The molecule has 0 unspecified atom stereocenters. The molecule has 0 atom stereocenters. The summed E-state index contributed by atoms with van der Waals surface area (Å²) >= 11 is 6.07. The van der Waals surface area contributed by atoms with Crippen LogP contribution in [0.3, 0.4) is 0 Å². The maximum Gasteiger partial charge on any atom is 0.138 e. The van der Waals surface area contributed by atoms with Gasteiger partial charge in [0, 0.05) is 25.1 Å². The van der Waals surface area contributed by atoms with Crippen molar-refractivity contribution in [2.45, 2.75) is 13.5 Å². The van der Waals surface area contributed by atoms with Gasteiger partial charge in [0.25, 0.3) is 0 Å². The first-order chi connectivity index (χ1) is 7.81. The predicted octanol–water partition coefficient (Wildman–Crippen LogP) is 2.03. The Bertz CT molecular complexity index is 453. The molecule has 2 heterocycles. The molecule has 16 heavy (non-hydrogen) atoms. The van der Waals surface area contributed by atoms with Gasteiger partial charge >= 0.3 is 0 Å². The first-order valence-corrected chi connectivity index (χ1v) is 5.52. The van der Waals surface area contributed by atoms with Crippen LogP contribution in [0.4, 0.5) is 0 Å². The Balaban J connectivity index is 2.28. The van der Waals surface area contributed by atoms with Crippen LogP contribution < -0.4 is 5.32 Å². The highest BCUT2D eigenvalue weighted by atomic mass is 35.5. The molecule has 0 aliphatic rings. The van der Waals surface area contributed by atoms with E-state index in [0.29, 0.717) is 5.02 Å². The summed E-state index contributed by atoms with van der Waals surface area (Å²) in [6, 6.07) is 1.96. The highest BCUT2D eigenvalue weighted by Gasteiger charge is 2.04. The molecule has 2 aromatic rings. The van der Waals surface area contributed by atoms with Crippen molar-refractivity contribution in [3.05, 3.63) is 41.6 Å². The molecule has 0 spiro atoms. The minimum absolute atomic E-state index is 0.685. The molecule has 0 amide bonds. The minimum Gasteiger partial charge on any atom is -0.313 e. The van der Waals surface area contributed by atoms with Crippen molar-refractivity contribution in [1.29, 1.82) is 0 Å². The van der Waals surface area contributed by atoms with Crippen molar-refractivity contribution < 1.29 is 0 Å². The van der Waals surface area contributed by atoms with Crippen LogP contribution in [-0.2, 0) is 6.54 Å². The van der Waals surface area contributed by atoms with Gasteiger partial charge in [0.1, 0.15) is 12.1 Å². The van der Waals surface area contributed by atoms with E-state index >= 15 is 0 Å². The first kappa shape index (κ1) is 11.1. The Kier molecular flexibility index (Phi) is 3.54. The van der Waals surface area contributed by atoms with Crippen LogP contribution in [0.25, 0.3) is 5.82 Å². The molecule has 0 aliphatic carbocycles. The van der Waals surface area contributed by atoms with Crippen LogP contribution >= 0.6 is 11.6 Å². The number of nitrogens with zero attached hydrogens (tertiary/aromatic N) is 3.